The molecule has 208 valence electrons. The maximum absolute atomic E-state index is 5.16. The number of fused-ring (bicyclic) bond motifs is 5. The Labute approximate surface area is 263 Å². The van der Waals surface area contributed by atoms with Gasteiger partial charge in [0.15, 0.2) is 0 Å². The molecule has 8 aromatic rings. The highest BCUT2D eigenvalue weighted by atomic mass is 15.0. The fraction of sp³-hybridized carbons (Fsp3) is 0. The highest BCUT2D eigenvalue weighted by Crippen LogP contribution is 2.35. The van der Waals surface area contributed by atoms with Crippen LogP contribution in [0.1, 0.15) is 0 Å². The van der Waals surface area contributed by atoms with E-state index in [-0.39, 0.29) is 13.4 Å². The zero-order valence-electron chi connectivity index (χ0n) is 24.7. The van der Waals surface area contributed by atoms with E-state index in [0.29, 0.717) is 0 Å². The van der Waals surface area contributed by atoms with Crippen LogP contribution in [0.15, 0.2) is 170 Å². The van der Waals surface area contributed by atoms with Crippen LogP contribution >= 0.6 is 0 Å². The van der Waals surface area contributed by atoms with Gasteiger partial charge in [-0.15, -0.1) is 0 Å². The largest absolute Gasteiger partial charge is 0.309 e. The lowest BCUT2D eigenvalue weighted by molar-refractivity contribution is 1.17. The van der Waals surface area contributed by atoms with Crippen molar-refractivity contribution in [1.82, 2.24) is 9.55 Å². The van der Waals surface area contributed by atoms with Gasteiger partial charge in [0.2, 0.25) is 13.4 Å². The van der Waals surface area contributed by atoms with Crippen LogP contribution in [-0.4, -0.2) is 23.0 Å². The molecule has 0 unspecified atom stereocenters. The standard InChI is InChI=1S/C41H28B2N2/c1-2-15-29(16-3-1)42-33-20-7-9-22-35(33)43(36-23-10-8-21-34(36)42)37-24-14-28-44-41(37)32-19-6-13-27-40(32)45-38-25-11-4-17-30(38)31-18-5-12-26-39(31)45/h1-28H. The SMILES string of the molecule is c1ccc(B2c3ccccc3B(c3cccnc3-c3ccccc3-n3c4ccccc4c4ccccc43)c3ccccc32)cc1. The molecule has 0 N–H and O–H groups in total. The first-order valence-corrected chi connectivity index (χ1v) is 15.6. The number of pyridine rings is 1. The van der Waals surface area contributed by atoms with Crippen LogP contribution in [0, 0.1) is 0 Å². The van der Waals surface area contributed by atoms with Gasteiger partial charge in [0.25, 0.3) is 0 Å². The molecular weight excluding hydrogens is 542 g/mol. The molecular formula is C41H28B2N2. The Morgan fingerprint density at radius 3 is 1.53 bits per heavy atom. The first-order chi connectivity index (χ1) is 22.4. The molecule has 2 nitrogen and oxygen atoms in total. The number of nitrogens with zero attached hydrogens (tertiary/aromatic N) is 2. The van der Waals surface area contributed by atoms with Gasteiger partial charge in [-0.25, -0.2) is 0 Å². The van der Waals surface area contributed by atoms with Crippen LogP contribution < -0.4 is 32.8 Å². The van der Waals surface area contributed by atoms with Gasteiger partial charge in [-0.2, -0.15) is 0 Å². The molecule has 0 aliphatic carbocycles. The number of benzene rings is 6. The minimum absolute atomic E-state index is 0.0484. The van der Waals surface area contributed by atoms with Crippen molar-refractivity contribution in [2.45, 2.75) is 0 Å². The third-order valence-electron chi connectivity index (χ3n) is 9.50. The van der Waals surface area contributed by atoms with Crippen molar-refractivity contribution in [3.05, 3.63) is 170 Å². The van der Waals surface area contributed by atoms with E-state index in [4.69, 9.17) is 4.98 Å². The Kier molecular flexibility index (Phi) is 6.05. The van der Waals surface area contributed by atoms with E-state index >= 15 is 0 Å². The molecule has 1 aliphatic heterocycles. The van der Waals surface area contributed by atoms with Gasteiger partial charge in [0, 0.05) is 22.5 Å². The third-order valence-corrected chi connectivity index (χ3v) is 9.50. The normalized spacial score (nSPS) is 12.4. The van der Waals surface area contributed by atoms with Crippen molar-refractivity contribution in [2.24, 2.45) is 0 Å². The van der Waals surface area contributed by atoms with Gasteiger partial charge >= 0.3 is 0 Å². The molecule has 0 fully saturated rings. The minimum Gasteiger partial charge on any atom is -0.309 e. The molecule has 0 bridgehead atoms. The number of aromatic nitrogens is 2. The van der Waals surface area contributed by atoms with Gasteiger partial charge in [-0.3, -0.25) is 4.98 Å². The van der Waals surface area contributed by atoms with Gasteiger partial charge < -0.3 is 4.57 Å². The van der Waals surface area contributed by atoms with E-state index in [1.54, 1.807) is 0 Å². The first kappa shape index (κ1) is 25.9. The van der Waals surface area contributed by atoms with Crippen molar-refractivity contribution >= 4 is 68.0 Å². The lowest BCUT2D eigenvalue weighted by Crippen LogP contribution is -2.75. The van der Waals surface area contributed by atoms with E-state index in [9.17, 15) is 0 Å². The molecule has 0 amide bonds. The van der Waals surface area contributed by atoms with E-state index in [1.807, 2.05) is 6.20 Å². The van der Waals surface area contributed by atoms with E-state index < -0.39 is 0 Å². The fourth-order valence-corrected chi connectivity index (χ4v) is 7.67. The zero-order valence-corrected chi connectivity index (χ0v) is 24.7. The summed E-state index contributed by atoms with van der Waals surface area (Å²) in [6, 6.07) is 59.5. The fourth-order valence-electron chi connectivity index (χ4n) is 7.67. The number of hydrogen-bond donors (Lipinski definition) is 0. The Morgan fingerprint density at radius 2 is 0.889 bits per heavy atom. The summed E-state index contributed by atoms with van der Waals surface area (Å²) in [5, 5.41) is 2.51. The molecule has 0 atom stereocenters. The molecule has 0 saturated heterocycles. The molecule has 1 aliphatic rings. The third kappa shape index (κ3) is 4.03. The quantitative estimate of drug-likeness (QED) is 0.267. The summed E-state index contributed by atoms with van der Waals surface area (Å²) in [5.74, 6) is 0. The maximum atomic E-state index is 5.16. The zero-order chi connectivity index (χ0) is 29.7. The lowest BCUT2D eigenvalue weighted by Gasteiger charge is -2.32. The summed E-state index contributed by atoms with van der Waals surface area (Å²) in [4.78, 5) is 5.16. The van der Waals surface area contributed by atoms with Crippen molar-refractivity contribution in [3.8, 4) is 16.9 Å². The van der Waals surface area contributed by atoms with Gasteiger partial charge in [-0.1, -0.05) is 167 Å². The molecule has 3 heterocycles. The second kappa shape index (κ2) is 10.5. The second-order valence-corrected chi connectivity index (χ2v) is 11.9. The smallest absolute Gasteiger partial charge is 0.242 e. The predicted molar refractivity (Wildman–Crippen MR) is 193 cm³/mol. The van der Waals surface area contributed by atoms with Crippen LogP contribution in [-0.2, 0) is 0 Å². The molecule has 0 radical (unpaired) electrons. The highest BCUT2D eigenvalue weighted by molar-refractivity contribution is 7.11. The van der Waals surface area contributed by atoms with Gasteiger partial charge in [-0.05, 0) is 29.7 Å². The average Bonchev–Trinajstić information content (AvgIpc) is 3.45. The average molecular weight is 570 g/mol. The Bertz CT molecular complexity index is 2260. The summed E-state index contributed by atoms with van der Waals surface area (Å²) in [6.45, 7) is 0.229. The topological polar surface area (TPSA) is 17.8 Å². The highest BCUT2D eigenvalue weighted by Gasteiger charge is 2.39. The Hall–Kier alpha value is -5.60. The molecule has 2 aromatic heterocycles. The lowest BCUT2D eigenvalue weighted by atomic mass is 9.21. The molecule has 0 spiro atoms. The Balaban J connectivity index is 1.30. The van der Waals surface area contributed by atoms with Crippen LogP contribution in [0.25, 0.3) is 38.8 Å². The van der Waals surface area contributed by atoms with Gasteiger partial charge in [0.05, 0.1) is 22.4 Å². The summed E-state index contributed by atoms with van der Waals surface area (Å²) in [7, 11) is 0. The van der Waals surface area contributed by atoms with Crippen LogP contribution in [0.5, 0.6) is 0 Å². The van der Waals surface area contributed by atoms with Crippen molar-refractivity contribution < 1.29 is 0 Å². The van der Waals surface area contributed by atoms with Crippen LogP contribution in [0.3, 0.4) is 0 Å². The van der Waals surface area contributed by atoms with E-state index in [2.05, 4.69) is 168 Å². The molecule has 4 heteroatoms. The Morgan fingerprint density at radius 1 is 0.400 bits per heavy atom. The van der Waals surface area contributed by atoms with Crippen molar-refractivity contribution in [3.63, 3.8) is 0 Å². The van der Waals surface area contributed by atoms with Crippen molar-refractivity contribution in [1.29, 1.82) is 0 Å². The number of para-hydroxylation sites is 3. The summed E-state index contributed by atoms with van der Waals surface area (Å²) in [5.41, 5.74) is 13.6. The van der Waals surface area contributed by atoms with Crippen LogP contribution in [0.4, 0.5) is 0 Å². The number of hydrogen-bond acceptors (Lipinski definition) is 1. The maximum Gasteiger partial charge on any atom is 0.242 e. The monoisotopic (exact) mass is 570 g/mol. The predicted octanol–water partition coefficient (Wildman–Crippen LogP) is 5.19. The van der Waals surface area contributed by atoms with E-state index in [1.165, 1.54) is 54.6 Å². The molecule has 45 heavy (non-hydrogen) atoms. The summed E-state index contributed by atoms with van der Waals surface area (Å²) < 4.78 is 2.41. The molecule has 0 saturated carbocycles. The first-order valence-electron chi connectivity index (χ1n) is 15.6. The van der Waals surface area contributed by atoms with Crippen molar-refractivity contribution in [2.75, 3.05) is 0 Å². The van der Waals surface area contributed by atoms with E-state index in [0.717, 1.165) is 16.9 Å². The number of rotatable bonds is 4. The summed E-state index contributed by atoms with van der Waals surface area (Å²) >= 11 is 0. The molecule has 9 rings (SSSR count). The minimum atomic E-state index is 0.0484. The van der Waals surface area contributed by atoms with Gasteiger partial charge in [0.1, 0.15) is 0 Å². The summed E-state index contributed by atoms with van der Waals surface area (Å²) in [6.07, 6.45) is 1.94. The second-order valence-electron chi connectivity index (χ2n) is 11.9. The van der Waals surface area contributed by atoms with Crippen LogP contribution in [0.2, 0.25) is 0 Å². The molecule has 6 aromatic carbocycles.